The molecule has 3 nitrogen and oxygen atoms in total. The van der Waals surface area contributed by atoms with E-state index < -0.39 is 0 Å². The van der Waals surface area contributed by atoms with Crippen LogP contribution in [0, 0.1) is 12.3 Å². The van der Waals surface area contributed by atoms with Crippen LogP contribution in [0.2, 0.25) is 0 Å². The highest BCUT2D eigenvalue weighted by Gasteiger charge is 2.30. The molecule has 1 heterocycles. The molecule has 110 valence electrons. The zero-order valence-corrected chi connectivity index (χ0v) is 12.4. The number of carbonyl (C=O) groups excluding carboxylic acids is 1. The number of nitrogens with zero attached hydrogens (tertiary/aromatic N) is 1. The van der Waals surface area contributed by atoms with E-state index in [-0.39, 0.29) is 5.91 Å². The van der Waals surface area contributed by atoms with Gasteiger partial charge in [0.15, 0.2) is 0 Å². The number of ether oxygens (including phenoxy) is 1. The molecule has 1 aromatic rings. The van der Waals surface area contributed by atoms with Gasteiger partial charge in [-0.3, -0.25) is 4.79 Å². The van der Waals surface area contributed by atoms with E-state index in [9.17, 15) is 4.79 Å². The zero-order chi connectivity index (χ0) is 15.1. The quantitative estimate of drug-likeness (QED) is 0.437. The maximum absolute atomic E-state index is 11.4. The summed E-state index contributed by atoms with van der Waals surface area (Å²) in [5.41, 5.74) is 2.05. The van der Waals surface area contributed by atoms with Gasteiger partial charge in [0.25, 0.3) is 0 Å². The Kier molecular flexibility index (Phi) is 5.59. The number of β-lactam (4-membered cyclic amide) rings is 1. The van der Waals surface area contributed by atoms with Crippen LogP contribution in [0.15, 0.2) is 42.0 Å². The van der Waals surface area contributed by atoms with Crippen molar-refractivity contribution in [2.45, 2.75) is 32.4 Å². The molecular formula is C18H21NO2. The van der Waals surface area contributed by atoms with Crippen molar-refractivity contribution < 1.29 is 9.53 Å². The fourth-order valence-electron chi connectivity index (χ4n) is 2.28. The third kappa shape index (κ3) is 4.47. The maximum atomic E-state index is 11.4. The predicted molar refractivity (Wildman–Crippen MR) is 83.4 cm³/mol. The smallest absolute Gasteiger partial charge is 0.225 e. The minimum Gasteiger partial charge on any atom is -0.376 e. The lowest BCUT2D eigenvalue weighted by atomic mass is 10.0. The number of carbonyl (C=O) groups is 1. The molecule has 1 saturated heterocycles. The van der Waals surface area contributed by atoms with Crippen molar-refractivity contribution in [3.05, 3.63) is 47.5 Å². The lowest BCUT2D eigenvalue weighted by molar-refractivity contribution is -0.143. The van der Waals surface area contributed by atoms with Crippen LogP contribution in [0.25, 0.3) is 0 Å². The summed E-state index contributed by atoms with van der Waals surface area (Å²) < 4.78 is 5.62. The molecule has 1 unspecified atom stereocenters. The molecule has 0 radical (unpaired) electrons. The molecule has 0 N–H and O–H groups in total. The topological polar surface area (TPSA) is 29.5 Å². The van der Waals surface area contributed by atoms with E-state index in [1.165, 1.54) is 0 Å². The van der Waals surface area contributed by atoms with Crippen molar-refractivity contribution in [2.75, 3.05) is 13.2 Å². The number of hydrogen-bond acceptors (Lipinski definition) is 2. The van der Waals surface area contributed by atoms with E-state index in [1.54, 1.807) is 0 Å². The highest BCUT2D eigenvalue weighted by atomic mass is 16.5. The molecule has 1 atom stereocenters. The van der Waals surface area contributed by atoms with E-state index in [2.05, 4.69) is 5.92 Å². The average Bonchev–Trinajstić information content (AvgIpc) is 2.50. The van der Waals surface area contributed by atoms with Crippen LogP contribution < -0.4 is 0 Å². The first kappa shape index (κ1) is 15.3. The van der Waals surface area contributed by atoms with Gasteiger partial charge in [-0.15, -0.1) is 6.42 Å². The highest BCUT2D eigenvalue weighted by Crippen LogP contribution is 2.18. The summed E-state index contributed by atoms with van der Waals surface area (Å²) in [4.78, 5) is 13.2. The third-order valence-corrected chi connectivity index (χ3v) is 3.67. The van der Waals surface area contributed by atoms with E-state index >= 15 is 0 Å². The number of terminal acetylenes is 1. The first-order valence-corrected chi connectivity index (χ1v) is 7.27. The fraction of sp³-hybridized carbons (Fsp3) is 0.389. The predicted octanol–water partition coefficient (Wildman–Crippen LogP) is 2.77. The van der Waals surface area contributed by atoms with Crippen LogP contribution >= 0.6 is 0 Å². The second-order valence-electron chi connectivity index (χ2n) is 5.26. The van der Waals surface area contributed by atoms with Gasteiger partial charge in [-0.05, 0) is 12.5 Å². The second-order valence-corrected chi connectivity index (χ2v) is 5.26. The Balaban J connectivity index is 1.70. The zero-order valence-electron chi connectivity index (χ0n) is 12.4. The van der Waals surface area contributed by atoms with Gasteiger partial charge < -0.3 is 9.64 Å². The standard InChI is InChI=1S/C18H21NO2/c1-3-16(9-11-19-15(2)13-18(19)20)10-12-21-14-17-7-5-4-6-8-17/h1,4-9,15H,10-14H2,2H3/b16-9+. The molecule has 0 saturated carbocycles. The Hall–Kier alpha value is -2.05. The Labute approximate surface area is 126 Å². The van der Waals surface area contributed by atoms with E-state index in [0.717, 1.165) is 11.1 Å². The lowest BCUT2D eigenvalue weighted by Gasteiger charge is -2.37. The summed E-state index contributed by atoms with van der Waals surface area (Å²) >= 11 is 0. The Morgan fingerprint density at radius 2 is 2.24 bits per heavy atom. The van der Waals surface area contributed by atoms with Crippen LogP contribution in [0.5, 0.6) is 0 Å². The minimum absolute atomic E-state index is 0.204. The first-order valence-electron chi connectivity index (χ1n) is 7.27. The van der Waals surface area contributed by atoms with Gasteiger partial charge in [-0.1, -0.05) is 42.3 Å². The molecule has 1 aliphatic rings. The summed E-state index contributed by atoms with van der Waals surface area (Å²) in [6.45, 7) is 3.85. The van der Waals surface area contributed by atoms with Crippen molar-refractivity contribution in [1.82, 2.24) is 4.90 Å². The van der Waals surface area contributed by atoms with Gasteiger partial charge in [-0.25, -0.2) is 0 Å². The fourth-order valence-corrected chi connectivity index (χ4v) is 2.28. The van der Waals surface area contributed by atoms with Crippen molar-refractivity contribution in [3.8, 4) is 12.3 Å². The van der Waals surface area contributed by atoms with E-state index in [0.29, 0.717) is 38.6 Å². The number of benzene rings is 1. The minimum atomic E-state index is 0.204. The van der Waals surface area contributed by atoms with Gasteiger partial charge in [0.05, 0.1) is 13.2 Å². The molecule has 21 heavy (non-hydrogen) atoms. The Bertz CT molecular complexity index is 542. The molecule has 0 aromatic heterocycles. The molecule has 0 aliphatic carbocycles. The molecule has 0 bridgehead atoms. The molecule has 2 rings (SSSR count). The van der Waals surface area contributed by atoms with Crippen LogP contribution in [0.1, 0.15) is 25.3 Å². The van der Waals surface area contributed by atoms with Crippen molar-refractivity contribution in [2.24, 2.45) is 0 Å². The van der Waals surface area contributed by atoms with Gasteiger partial charge >= 0.3 is 0 Å². The van der Waals surface area contributed by atoms with Gasteiger partial charge in [0.2, 0.25) is 5.91 Å². The maximum Gasteiger partial charge on any atom is 0.225 e. The SMILES string of the molecule is C#C/C(=C\CN1C(=O)CC1C)CCOCc1ccccc1. The normalized spacial score (nSPS) is 18.3. The summed E-state index contributed by atoms with van der Waals surface area (Å²) in [5.74, 6) is 2.88. The summed E-state index contributed by atoms with van der Waals surface area (Å²) in [6, 6.07) is 10.4. The summed E-state index contributed by atoms with van der Waals surface area (Å²) in [7, 11) is 0. The Morgan fingerprint density at radius 1 is 1.48 bits per heavy atom. The van der Waals surface area contributed by atoms with Gasteiger partial charge in [-0.2, -0.15) is 0 Å². The third-order valence-electron chi connectivity index (χ3n) is 3.67. The lowest BCUT2D eigenvalue weighted by Crippen LogP contribution is -2.50. The molecule has 3 heteroatoms. The number of hydrogen-bond donors (Lipinski definition) is 0. The van der Waals surface area contributed by atoms with Crippen molar-refractivity contribution in [1.29, 1.82) is 0 Å². The van der Waals surface area contributed by atoms with Crippen molar-refractivity contribution >= 4 is 5.91 Å². The molecular weight excluding hydrogens is 262 g/mol. The van der Waals surface area contributed by atoms with Crippen LogP contribution in [0.3, 0.4) is 0 Å². The van der Waals surface area contributed by atoms with E-state index in [4.69, 9.17) is 11.2 Å². The molecule has 1 fully saturated rings. The number of rotatable bonds is 7. The molecule has 1 amide bonds. The number of likely N-dealkylation sites (tertiary alicyclic amines) is 1. The Morgan fingerprint density at radius 3 is 2.86 bits per heavy atom. The monoisotopic (exact) mass is 283 g/mol. The van der Waals surface area contributed by atoms with Gasteiger partial charge in [0, 0.05) is 31.0 Å². The highest BCUT2D eigenvalue weighted by molar-refractivity contribution is 5.83. The molecule has 1 aliphatic heterocycles. The average molecular weight is 283 g/mol. The second kappa shape index (κ2) is 7.66. The van der Waals surface area contributed by atoms with Crippen LogP contribution in [0.4, 0.5) is 0 Å². The summed E-state index contributed by atoms with van der Waals surface area (Å²) in [6.07, 6.45) is 8.82. The van der Waals surface area contributed by atoms with E-state index in [1.807, 2.05) is 48.2 Å². The van der Waals surface area contributed by atoms with Crippen molar-refractivity contribution in [3.63, 3.8) is 0 Å². The summed E-state index contributed by atoms with van der Waals surface area (Å²) in [5, 5.41) is 0. The van der Waals surface area contributed by atoms with Crippen LogP contribution in [-0.2, 0) is 16.1 Å². The van der Waals surface area contributed by atoms with Gasteiger partial charge in [0.1, 0.15) is 0 Å². The molecule has 1 aromatic carbocycles. The first-order chi connectivity index (χ1) is 10.2. The largest absolute Gasteiger partial charge is 0.376 e. The van der Waals surface area contributed by atoms with Crippen LogP contribution in [-0.4, -0.2) is 30.0 Å². The molecule has 0 spiro atoms. The number of amides is 1.